The molecule has 3 amide bonds. The molecule has 1 aliphatic heterocycles. The maximum atomic E-state index is 13.2. The van der Waals surface area contributed by atoms with E-state index in [1.54, 1.807) is 47.4 Å². The lowest BCUT2D eigenvalue weighted by Gasteiger charge is -2.19. The third-order valence-corrected chi connectivity index (χ3v) is 6.87. The van der Waals surface area contributed by atoms with Crippen LogP contribution in [0.1, 0.15) is 36.0 Å². The van der Waals surface area contributed by atoms with Crippen LogP contribution in [-0.4, -0.2) is 41.1 Å². The summed E-state index contributed by atoms with van der Waals surface area (Å²) in [5.74, 6) is 0.798. The molecule has 7 nitrogen and oxygen atoms in total. The molecule has 1 aliphatic carbocycles. The number of alkyl halides is 3. The molecule has 2 aliphatic rings. The summed E-state index contributed by atoms with van der Waals surface area (Å²) in [5.41, 5.74) is -0.509. The number of amides is 3. The predicted octanol–water partition coefficient (Wildman–Crippen LogP) is 7.12. The van der Waals surface area contributed by atoms with E-state index in [9.17, 15) is 22.8 Å². The number of allylic oxidation sites excluding steroid dienone is 4. The molecule has 11 heteroatoms. The number of benzene rings is 2. The molecule has 39 heavy (non-hydrogen) atoms. The summed E-state index contributed by atoms with van der Waals surface area (Å²) >= 11 is 5.75. The van der Waals surface area contributed by atoms with Crippen LogP contribution in [0, 0.1) is 0 Å². The van der Waals surface area contributed by atoms with Crippen LogP contribution in [0.4, 0.5) is 23.8 Å². The van der Waals surface area contributed by atoms with Crippen LogP contribution in [0.15, 0.2) is 77.1 Å². The molecule has 0 unspecified atom stereocenters. The van der Waals surface area contributed by atoms with Crippen molar-refractivity contribution in [2.75, 3.05) is 18.4 Å². The van der Waals surface area contributed by atoms with Gasteiger partial charge in [-0.05, 0) is 72.9 Å². The fraction of sp³-hybridized carbons (Fsp3) is 0.250. The number of aromatic nitrogens is 1. The summed E-state index contributed by atoms with van der Waals surface area (Å²) in [6.45, 7) is 1.44. The minimum Gasteiger partial charge on any atom is -0.457 e. The molecule has 1 aromatic heterocycles. The molecule has 1 fully saturated rings. The number of hydrogen-bond donors (Lipinski definition) is 2. The van der Waals surface area contributed by atoms with Gasteiger partial charge >= 0.3 is 12.2 Å². The first-order valence-corrected chi connectivity index (χ1v) is 12.7. The van der Waals surface area contributed by atoms with Crippen molar-refractivity contribution in [3.8, 4) is 11.5 Å². The molecule has 0 bridgehead atoms. The largest absolute Gasteiger partial charge is 0.457 e. The lowest BCUT2D eigenvalue weighted by Crippen LogP contribution is -2.32. The number of halogens is 4. The Hall–Kier alpha value is -4.05. The molecule has 202 valence electrons. The van der Waals surface area contributed by atoms with Gasteiger partial charge in [0.15, 0.2) is 0 Å². The number of nitrogens with one attached hydrogen (secondary N) is 2. The standard InChI is InChI=1S/C28H24ClF3N4O3/c29-24-8-6-20(15-23(24)28(30,31)32)34-26(37)18-4-3-17-5-7-21(14-19(17)13-18)39-22-9-10-33-25(16-22)35-27(38)36-11-1-2-12-36/h3-5,7,9-10,13-16H,1-2,6,8,11-12H2,(H,34,37)(H,33,35,38). The van der Waals surface area contributed by atoms with E-state index >= 15 is 0 Å². The van der Waals surface area contributed by atoms with Gasteiger partial charge in [0.05, 0.1) is 5.57 Å². The fourth-order valence-electron chi connectivity index (χ4n) is 4.47. The molecule has 5 rings (SSSR count). The highest BCUT2D eigenvalue weighted by Crippen LogP contribution is 2.37. The van der Waals surface area contributed by atoms with Crippen molar-refractivity contribution >= 4 is 40.1 Å². The number of pyridine rings is 1. The molecule has 2 heterocycles. The number of likely N-dealkylation sites (tertiary alicyclic amines) is 1. The van der Waals surface area contributed by atoms with Crippen molar-refractivity contribution in [2.24, 2.45) is 0 Å². The predicted molar refractivity (Wildman–Crippen MR) is 142 cm³/mol. The van der Waals surface area contributed by atoms with Gasteiger partial charge in [-0.25, -0.2) is 9.78 Å². The van der Waals surface area contributed by atoms with Crippen molar-refractivity contribution in [2.45, 2.75) is 31.9 Å². The minimum atomic E-state index is -4.60. The molecule has 0 spiro atoms. The van der Waals surface area contributed by atoms with Gasteiger partial charge in [-0.1, -0.05) is 23.7 Å². The number of rotatable bonds is 5. The lowest BCUT2D eigenvalue weighted by atomic mass is 10.0. The van der Waals surface area contributed by atoms with Crippen LogP contribution in [0.5, 0.6) is 11.5 Å². The second-order valence-corrected chi connectivity index (χ2v) is 9.72. The summed E-state index contributed by atoms with van der Waals surface area (Å²) < 4.78 is 45.6. The maximum Gasteiger partial charge on any atom is 0.417 e. The first kappa shape index (κ1) is 26.6. The van der Waals surface area contributed by atoms with E-state index in [0.717, 1.165) is 37.4 Å². The van der Waals surface area contributed by atoms with Crippen molar-refractivity contribution < 1.29 is 27.5 Å². The molecule has 0 saturated carbocycles. The van der Waals surface area contributed by atoms with Crippen LogP contribution in [0.2, 0.25) is 0 Å². The molecule has 0 radical (unpaired) electrons. The topological polar surface area (TPSA) is 83.6 Å². The van der Waals surface area contributed by atoms with Crippen molar-refractivity contribution in [1.82, 2.24) is 15.2 Å². The first-order valence-electron chi connectivity index (χ1n) is 12.4. The van der Waals surface area contributed by atoms with Crippen molar-refractivity contribution in [1.29, 1.82) is 0 Å². The van der Waals surface area contributed by atoms with E-state index in [4.69, 9.17) is 16.3 Å². The Morgan fingerprint density at radius 2 is 1.67 bits per heavy atom. The zero-order valence-corrected chi connectivity index (χ0v) is 21.4. The lowest BCUT2D eigenvalue weighted by molar-refractivity contribution is -0.0890. The molecule has 2 aromatic carbocycles. The normalized spacial score (nSPS) is 15.8. The Balaban J connectivity index is 1.30. The summed E-state index contributed by atoms with van der Waals surface area (Å²) in [5, 5.41) is 6.63. The highest BCUT2D eigenvalue weighted by Gasteiger charge is 2.36. The number of hydrogen-bond acceptors (Lipinski definition) is 4. The number of anilines is 1. The average Bonchev–Trinajstić information content (AvgIpc) is 3.44. The number of carbonyl (C=O) groups is 2. The molecule has 2 N–H and O–H groups in total. The van der Waals surface area contributed by atoms with Gasteiger partial charge in [0.1, 0.15) is 17.3 Å². The number of fused-ring (bicyclic) bond motifs is 1. The highest BCUT2D eigenvalue weighted by molar-refractivity contribution is 6.30. The molecular weight excluding hydrogens is 533 g/mol. The minimum absolute atomic E-state index is 0.000409. The van der Waals surface area contributed by atoms with E-state index in [1.165, 1.54) is 6.20 Å². The zero-order chi connectivity index (χ0) is 27.6. The monoisotopic (exact) mass is 556 g/mol. The van der Waals surface area contributed by atoms with E-state index in [1.807, 2.05) is 6.07 Å². The Kier molecular flexibility index (Phi) is 7.47. The van der Waals surface area contributed by atoms with Gasteiger partial charge in [-0.2, -0.15) is 13.2 Å². The Labute approximate surface area is 227 Å². The second-order valence-electron chi connectivity index (χ2n) is 9.27. The zero-order valence-electron chi connectivity index (χ0n) is 20.6. The Morgan fingerprint density at radius 1 is 0.923 bits per heavy atom. The third-order valence-electron chi connectivity index (χ3n) is 6.47. The summed E-state index contributed by atoms with van der Waals surface area (Å²) in [6, 6.07) is 13.4. The van der Waals surface area contributed by atoms with Crippen LogP contribution in [0.25, 0.3) is 10.8 Å². The number of nitrogens with zero attached hydrogens (tertiary/aromatic N) is 2. The van der Waals surface area contributed by atoms with E-state index in [0.29, 0.717) is 22.7 Å². The molecular formula is C28H24ClF3N4O3. The van der Waals surface area contributed by atoms with E-state index in [2.05, 4.69) is 15.6 Å². The van der Waals surface area contributed by atoms with Crippen LogP contribution in [-0.2, 0) is 0 Å². The molecule has 0 atom stereocenters. The third kappa shape index (κ3) is 6.34. The van der Waals surface area contributed by atoms with Gasteiger partial charge in [0, 0.05) is 41.6 Å². The van der Waals surface area contributed by atoms with Gasteiger partial charge in [-0.15, -0.1) is 0 Å². The van der Waals surface area contributed by atoms with Crippen molar-refractivity contribution in [3.63, 3.8) is 0 Å². The van der Waals surface area contributed by atoms with Crippen molar-refractivity contribution in [3.05, 3.63) is 82.7 Å². The first-order chi connectivity index (χ1) is 18.7. The highest BCUT2D eigenvalue weighted by atomic mass is 35.5. The van der Waals surface area contributed by atoms with Gasteiger partial charge in [0.2, 0.25) is 0 Å². The summed E-state index contributed by atoms with van der Waals surface area (Å²) in [7, 11) is 0. The SMILES string of the molecule is O=C(NC1=CC(C(F)(F)F)=C(Cl)CC1)c1ccc2ccc(Oc3ccnc(NC(=O)N4CCCC4)c3)cc2c1. The van der Waals surface area contributed by atoms with Crippen LogP contribution in [0.3, 0.4) is 0 Å². The van der Waals surface area contributed by atoms with E-state index in [-0.39, 0.29) is 35.2 Å². The summed E-state index contributed by atoms with van der Waals surface area (Å²) in [4.78, 5) is 31.1. The Morgan fingerprint density at radius 3 is 2.44 bits per heavy atom. The number of urea groups is 1. The smallest absolute Gasteiger partial charge is 0.417 e. The fourth-order valence-corrected chi connectivity index (χ4v) is 4.73. The van der Waals surface area contributed by atoms with Gasteiger partial charge in [-0.3, -0.25) is 10.1 Å². The Bertz CT molecular complexity index is 1500. The maximum absolute atomic E-state index is 13.2. The molecule has 1 saturated heterocycles. The molecule has 3 aromatic rings. The van der Waals surface area contributed by atoms with E-state index < -0.39 is 17.7 Å². The number of ether oxygens (including phenoxy) is 1. The van der Waals surface area contributed by atoms with Gasteiger partial charge in [0.25, 0.3) is 5.91 Å². The quantitative estimate of drug-likeness (QED) is 0.350. The van der Waals surface area contributed by atoms with Gasteiger partial charge < -0.3 is 15.0 Å². The van der Waals surface area contributed by atoms with Crippen LogP contribution < -0.4 is 15.4 Å². The average molecular weight is 557 g/mol. The second kappa shape index (κ2) is 11.0. The number of carbonyl (C=O) groups excluding carboxylic acids is 2. The summed E-state index contributed by atoms with van der Waals surface area (Å²) in [6.07, 6.45) is -0.0153. The van der Waals surface area contributed by atoms with Crippen LogP contribution >= 0.6 is 11.6 Å².